The Hall–Kier alpha value is -3.08. The summed E-state index contributed by atoms with van der Waals surface area (Å²) in [6, 6.07) is 1.57. The molecule has 0 radical (unpaired) electrons. The van der Waals surface area contributed by atoms with Crippen LogP contribution in [0.1, 0.15) is 92.7 Å². The molecule has 4 heterocycles. The summed E-state index contributed by atoms with van der Waals surface area (Å²) in [5.41, 5.74) is -15.6. The van der Waals surface area contributed by atoms with Gasteiger partial charge in [0.05, 0.1) is 42.3 Å². The van der Waals surface area contributed by atoms with Gasteiger partial charge in [-0.2, -0.15) is 0 Å². The molecule has 1 aromatic heterocycles. The zero-order valence-corrected chi connectivity index (χ0v) is 30.5. The van der Waals surface area contributed by atoms with Crippen molar-refractivity contribution in [3.8, 4) is 0 Å². The Labute approximate surface area is 300 Å². The van der Waals surface area contributed by atoms with E-state index in [0.29, 0.717) is 5.56 Å². The van der Waals surface area contributed by atoms with Gasteiger partial charge >= 0.3 is 23.9 Å². The maximum atomic E-state index is 14.1. The fourth-order valence-electron chi connectivity index (χ4n) is 12.2. The number of carbonyl (C=O) groups excluding carboxylic acids is 4. The molecule has 15 atom stereocenters. The number of hydrogen-bond acceptors (Lipinski definition) is 15. The summed E-state index contributed by atoms with van der Waals surface area (Å²) in [7, 11) is 0. The Morgan fingerprint density at radius 1 is 1.00 bits per heavy atom. The number of esters is 4. The number of hydrogen-bond donors (Lipinski definition) is 4. The topological polar surface area (TPSA) is 218 Å². The second kappa shape index (κ2) is 10.4. The van der Waals surface area contributed by atoms with E-state index in [0.717, 1.165) is 6.92 Å². The lowest BCUT2D eigenvalue weighted by Crippen LogP contribution is -2.99. The molecule has 1 aromatic rings. The molecule has 3 saturated heterocycles. The molecule has 4 bridgehead atoms. The Balaban J connectivity index is 1.50. The Bertz CT molecular complexity index is 1740. The summed E-state index contributed by atoms with van der Waals surface area (Å²) < 4.78 is 44.1. The summed E-state index contributed by atoms with van der Waals surface area (Å²) in [5, 5.41) is 52.5. The normalized spacial score (nSPS) is 50.9. The van der Waals surface area contributed by atoms with Crippen molar-refractivity contribution in [3.05, 3.63) is 24.2 Å². The Kier molecular flexibility index (Phi) is 7.16. The molecular formula is C37H48O15. The molecule has 15 unspecified atom stereocenters. The first-order valence-electron chi connectivity index (χ1n) is 18.2. The number of carbonyl (C=O) groups is 4. The molecule has 2 spiro atoms. The number of ether oxygens (including phenoxy) is 6. The second-order valence-electron chi connectivity index (χ2n) is 17.4. The van der Waals surface area contributed by atoms with E-state index in [1.165, 1.54) is 12.5 Å². The van der Waals surface area contributed by atoms with Crippen LogP contribution in [0.3, 0.4) is 0 Å². The lowest BCUT2D eigenvalue weighted by Gasteiger charge is -2.75. The highest BCUT2D eigenvalue weighted by Crippen LogP contribution is 2.85. The average Bonchev–Trinajstić information content (AvgIpc) is 3.91. The molecule has 7 aliphatic rings. The van der Waals surface area contributed by atoms with E-state index in [1.54, 1.807) is 54.5 Å². The number of aliphatic hydroxyl groups excluding tert-OH is 1. The van der Waals surface area contributed by atoms with Crippen molar-refractivity contribution in [3.63, 3.8) is 0 Å². The third kappa shape index (κ3) is 3.51. The van der Waals surface area contributed by atoms with E-state index in [-0.39, 0.29) is 25.7 Å². The van der Waals surface area contributed by atoms with E-state index >= 15 is 0 Å². The minimum Gasteiger partial charge on any atom is -0.472 e. The highest BCUT2D eigenvalue weighted by Gasteiger charge is 3.05. The van der Waals surface area contributed by atoms with E-state index in [2.05, 4.69) is 0 Å². The van der Waals surface area contributed by atoms with Gasteiger partial charge in [0.1, 0.15) is 23.4 Å². The van der Waals surface area contributed by atoms with E-state index in [9.17, 15) is 39.6 Å². The molecule has 15 heteroatoms. The van der Waals surface area contributed by atoms with Crippen molar-refractivity contribution in [2.75, 3.05) is 0 Å². The van der Waals surface area contributed by atoms with Gasteiger partial charge in [0.25, 0.3) is 0 Å². The lowest BCUT2D eigenvalue weighted by atomic mass is 9.36. The summed E-state index contributed by atoms with van der Waals surface area (Å²) in [5.74, 6) is -8.41. The van der Waals surface area contributed by atoms with Gasteiger partial charge in [0.15, 0.2) is 34.8 Å². The van der Waals surface area contributed by atoms with Crippen LogP contribution in [-0.2, 0) is 47.6 Å². The Morgan fingerprint density at radius 2 is 1.67 bits per heavy atom. The smallest absolute Gasteiger partial charge is 0.309 e. The van der Waals surface area contributed by atoms with Crippen molar-refractivity contribution in [2.45, 2.75) is 145 Å². The molecule has 286 valence electrons. The first kappa shape index (κ1) is 35.9. The van der Waals surface area contributed by atoms with Gasteiger partial charge in [-0.15, -0.1) is 0 Å². The van der Waals surface area contributed by atoms with E-state index < -0.39 is 123 Å². The fourth-order valence-corrected chi connectivity index (χ4v) is 12.2. The molecule has 0 amide bonds. The van der Waals surface area contributed by atoms with Crippen LogP contribution in [0, 0.1) is 34.5 Å². The van der Waals surface area contributed by atoms with Crippen molar-refractivity contribution in [1.82, 2.24) is 0 Å². The highest BCUT2D eigenvalue weighted by molar-refractivity contribution is 5.77. The monoisotopic (exact) mass is 732 g/mol. The van der Waals surface area contributed by atoms with Gasteiger partial charge < -0.3 is 53.3 Å². The first-order chi connectivity index (χ1) is 24.1. The molecule has 7 fully saturated rings. The molecule has 52 heavy (non-hydrogen) atoms. The SMILES string of the molecule is CCC12CC3C(C)(C(OC(=O)C(C)C)c4ccoc4)C(OC(=O)C(C)C)C(OC(C)=O)C4(O)C3(O1)C(O2)C1(O)C(O)C2(C)CC1(O)C41OC(=O)CC21. The van der Waals surface area contributed by atoms with Crippen LogP contribution in [0.5, 0.6) is 0 Å². The number of rotatable bonds is 8. The largest absolute Gasteiger partial charge is 0.472 e. The van der Waals surface area contributed by atoms with Gasteiger partial charge in [-0.25, -0.2) is 0 Å². The van der Waals surface area contributed by atoms with Gasteiger partial charge in [-0.1, -0.05) is 48.5 Å². The molecule has 4 aliphatic carbocycles. The predicted molar refractivity (Wildman–Crippen MR) is 171 cm³/mol. The fraction of sp³-hybridized carbons (Fsp3) is 0.784. The van der Waals surface area contributed by atoms with Gasteiger partial charge in [-0.05, 0) is 18.9 Å². The van der Waals surface area contributed by atoms with Crippen LogP contribution < -0.4 is 0 Å². The van der Waals surface area contributed by atoms with Crippen molar-refractivity contribution in [2.24, 2.45) is 34.5 Å². The maximum Gasteiger partial charge on any atom is 0.309 e. The predicted octanol–water partition coefficient (Wildman–Crippen LogP) is 1.61. The minimum absolute atomic E-state index is 0.0501. The van der Waals surface area contributed by atoms with Crippen molar-refractivity contribution < 1.29 is 72.4 Å². The van der Waals surface area contributed by atoms with Crippen LogP contribution in [-0.4, -0.2) is 103 Å². The van der Waals surface area contributed by atoms with Crippen LogP contribution in [0.15, 0.2) is 23.0 Å². The third-order valence-corrected chi connectivity index (χ3v) is 14.3. The molecule has 15 nitrogen and oxygen atoms in total. The highest BCUT2D eigenvalue weighted by atomic mass is 16.8. The zero-order chi connectivity index (χ0) is 38.0. The molecule has 4 N–H and O–H groups in total. The third-order valence-electron chi connectivity index (χ3n) is 14.3. The molecular weight excluding hydrogens is 684 g/mol. The lowest BCUT2D eigenvalue weighted by molar-refractivity contribution is -0.447. The minimum atomic E-state index is -2.81. The van der Waals surface area contributed by atoms with Gasteiger partial charge in [-0.3, -0.25) is 19.2 Å². The van der Waals surface area contributed by atoms with Crippen LogP contribution in [0.25, 0.3) is 0 Å². The molecule has 3 aliphatic heterocycles. The molecule has 0 aromatic carbocycles. The summed E-state index contributed by atoms with van der Waals surface area (Å²) >= 11 is 0. The second-order valence-corrected chi connectivity index (χ2v) is 17.4. The number of fused-ring (bicyclic) bond motifs is 4. The Morgan fingerprint density at radius 3 is 2.25 bits per heavy atom. The van der Waals surface area contributed by atoms with Crippen molar-refractivity contribution >= 4 is 23.9 Å². The van der Waals surface area contributed by atoms with Gasteiger partial charge in [0, 0.05) is 36.2 Å². The van der Waals surface area contributed by atoms with Crippen molar-refractivity contribution in [1.29, 1.82) is 0 Å². The summed E-state index contributed by atoms with van der Waals surface area (Å²) in [6.07, 6.45) is -6.35. The van der Waals surface area contributed by atoms with Crippen LogP contribution >= 0.6 is 0 Å². The standard InChI is InChI=1S/C37H48O15/c1-9-32-13-21-31(8,23(19-10-11-46-14-19)48-26(40)16(2)3)24(49-27(41)17(4)5)25(47-18(6)38)36(45)35(21,52-32)29(51-32)34(44)28(42)30(7)15-33(34,43)37(36)20(30)12-22(39)50-37/h10-11,14,16-17,20-21,23-25,28-29,42-45H,9,12-13,15H2,1-8H3. The quantitative estimate of drug-likeness (QED) is 0.221. The van der Waals surface area contributed by atoms with Gasteiger partial charge in [0.2, 0.25) is 0 Å². The van der Waals surface area contributed by atoms with Crippen LogP contribution in [0.4, 0.5) is 0 Å². The van der Waals surface area contributed by atoms with Crippen LogP contribution in [0.2, 0.25) is 0 Å². The summed E-state index contributed by atoms with van der Waals surface area (Å²) in [4.78, 5) is 54.4. The maximum absolute atomic E-state index is 14.1. The van der Waals surface area contributed by atoms with E-state index in [1.807, 2.05) is 0 Å². The average molecular weight is 733 g/mol. The number of aliphatic hydroxyl groups is 4. The number of furan rings is 1. The summed E-state index contributed by atoms with van der Waals surface area (Å²) in [6.45, 7) is 12.6. The van der Waals surface area contributed by atoms with E-state index in [4.69, 9.17) is 32.8 Å². The zero-order valence-electron chi connectivity index (χ0n) is 30.5. The molecule has 4 saturated carbocycles. The molecule has 8 rings (SSSR count). The first-order valence-corrected chi connectivity index (χ1v) is 18.2.